The number of carbonyl (C=O) groups is 2. The van der Waals surface area contributed by atoms with Crippen LogP contribution in [0.15, 0.2) is 36.4 Å². The minimum Gasteiger partial charge on any atom is -0.477 e. The summed E-state index contributed by atoms with van der Waals surface area (Å²) in [6, 6.07) is 10.9. The van der Waals surface area contributed by atoms with Gasteiger partial charge in [0.05, 0.1) is 25.4 Å². The van der Waals surface area contributed by atoms with Crippen molar-refractivity contribution in [1.82, 2.24) is 0 Å². The quantitative estimate of drug-likeness (QED) is 0.500. The van der Waals surface area contributed by atoms with Gasteiger partial charge in [-0.3, -0.25) is 4.79 Å². The third-order valence-electron chi connectivity index (χ3n) is 5.39. The topological polar surface area (TPSA) is 87.1 Å². The molecule has 0 saturated carbocycles. The summed E-state index contributed by atoms with van der Waals surface area (Å²) < 4.78 is 5.80. The van der Waals surface area contributed by atoms with Crippen molar-refractivity contribution in [2.75, 3.05) is 11.5 Å². The number of carbonyl (C=O) groups excluding carboxylic acids is 1. The fourth-order valence-electron chi connectivity index (χ4n) is 3.73. The molecule has 0 unspecified atom stereocenters. The number of rotatable bonds is 11. The van der Waals surface area contributed by atoms with E-state index in [9.17, 15) is 14.7 Å². The average molecular weight is 432 g/mol. The Morgan fingerprint density at radius 3 is 2.67 bits per heavy atom. The first kappa shape index (κ1) is 22.5. The maximum absolute atomic E-state index is 12.4. The zero-order chi connectivity index (χ0) is 21.5. The van der Waals surface area contributed by atoms with Gasteiger partial charge in [0, 0.05) is 17.0 Å². The van der Waals surface area contributed by atoms with Gasteiger partial charge in [-0.25, -0.2) is 4.79 Å². The maximum Gasteiger partial charge on any atom is 0.345 e. The van der Waals surface area contributed by atoms with E-state index < -0.39 is 12.1 Å². The molecular formula is C23H29NO5S. The van der Waals surface area contributed by atoms with Gasteiger partial charge in [0.25, 0.3) is 0 Å². The zero-order valence-corrected chi connectivity index (χ0v) is 18.1. The summed E-state index contributed by atoms with van der Waals surface area (Å²) in [5, 5.41) is 19.3. The zero-order valence-electron chi connectivity index (χ0n) is 17.3. The highest BCUT2D eigenvalue weighted by molar-refractivity contribution is 7.13. The average Bonchev–Trinajstić information content (AvgIpc) is 3.35. The van der Waals surface area contributed by atoms with Crippen LogP contribution < -0.4 is 4.90 Å². The SMILES string of the molecule is CCCCC[C@H](O)c1ccc(N2C(=O)CC[C@@H]2COCc2ccc(C(=O)O)s2)cc1. The van der Waals surface area contributed by atoms with Crippen molar-refractivity contribution < 1.29 is 24.5 Å². The second-order valence-corrected chi connectivity index (χ2v) is 8.81. The van der Waals surface area contributed by atoms with Crippen LogP contribution in [0.5, 0.6) is 0 Å². The van der Waals surface area contributed by atoms with E-state index in [2.05, 4.69) is 6.92 Å². The molecule has 1 aliphatic rings. The normalized spacial score (nSPS) is 17.5. The fraction of sp³-hybridized carbons (Fsp3) is 0.478. The van der Waals surface area contributed by atoms with Gasteiger partial charge in [0.1, 0.15) is 4.88 Å². The van der Waals surface area contributed by atoms with Crippen molar-refractivity contribution in [2.24, 2.45) is 0 Å². The lowest BCUT2D eigenvalue weighted by atomic mass is 10.0. The molecule has 1 amide bonds. The van der Waals surface area contributed by atoms with E-state index in [1.807, 2.05) is 24.3 Å². The number of thiophene rings is 1. The molecule has 0 aliphatic carbocycles. The summed E-state index contributed by atoms with van der Waals surface area (Å²) in [6.07, 6.45) is 4.73. The summed E-state index contributed by atoms with van der Waals surface area (Å²) in [4.78, 5) is 26.4. The van der Waals surface area contributed by atoms with Gasteiger partial charge in [0.2, 0.25) is 5.91 Å². The lowest BCUT2D eigenvalue weighted by molar-refractivity contribution is -0.117. The number of unbranched alkanes of at least 4 members (excludes halogenated alkanes) is 2. The van der Waals surface area contributed by atoms with Crippen molar-refractivity contribution >= 4 is 28.9 Å². The molecule has 2 aromatic rings. The van der Waals surface area contributed by atoms with Crippen molar-refractivity contribution in [3.8, 4) is 0 Å². The number of aliphatic hydroxyl groups is 1. The lowest BCUT2D eigenvalue weighted by Crippen LogP contribution is -2.36. The Kier molecular flexibility index (Phi) is 8.01. The third-order valence-corrected chi connectivity index (χ3v) is 6.44. The van der Waals surface area contributed by atoms with E-state index in [1.165, 1.54) is 11.3 Å². The van der Waals surface area contributed by atoms with E-state index in [0.29, 0.717) is 24.5 Å². The Morgan fingerprint density at radius 1 is 1.23 bits per heavy atom. The molecule has 0 spiro atoms. The monoisotopic (exact) mass is 431 g/mol. The van der Waals surface area contributed by atoms with Crippen LogP contribution >= 0.6 is 11.3 Å². The number of hydrogen-bond donors (Lipinski definition) is 2. The Morgan fingerprint density at radius 2 is 2.00 bits per heavy atom. The van der Waals surface area contributed by atoms with E-state index in [4.69, 9.17) is 9.84 Å². The van der Waals surface area contributed by atoms with E-state index in [0.717, 1.165) is 48.2 Å². The highest BCUT2D eigenvalue weighted by Crippen LogP contribution is 2.29. The number of carboxylic acids is 1. The molecule has 1 saturated heterocycles. The van der Waals surface area contributed by atoms with Gasteiger partial charge in [-0.15, -0.1) is 11.3 Å². The van der Waals surface area contributed by atoms with E-state index in [1.54, 1.807) is 17.0 Å². The van der Waals surface area contributed by atoms with Crippen LogP contribution in [-0.4, -0.2) is 34.7 Å². The minimum atomic E-state index is -0.933. The summed E-state index contributed by atoms with van der Waals surface area (Å²) in [6.45, 7) is 2.87. The van der Waals surface area contributed by atoms with Gasteiger partial charge in [-0.1, -0.05) is 38.3 Å². The second kappa shape index (κ2) is 10.7. The van der Waals surface area contributed by atoms with Crippen LogP contribution in [-0.2, 0) is 16.1 Å². The number of anilines is 1. The molecule has 1 aliphatic heterocycles. The molecular weight excluding hydrogens is 402 g/mol. The van der Waals surface area contributed by atoms with E-state index in [-0.39, 0.29) is 11.9 Å². The highest BCUT2D eigenvalue weighted by atomic mass is 32.1. The van der Waals surface area contributed by atoms with Crippen LogP contribution in [0.25, 0.3) is 0 Å². The van der Waals surface area contributed by atoms with Crippen LogP contribution in [0.4, 0.5) is 5.69 Å². The Bertz CT molecular complexity index is 848. The second-order valence-electron chi connectivity index (χ2n) is 7.65. The summed E-state index contributed by atoms with van der Waals surface area (Å²) in [7, 11) is 0. The number of hydrogen-bond acceptors (Lipinski definition) is 5. The van der Waals surface area contributed by atoms with Gasteiger partial charge in [-0.05, 0) is 42.7 Å². The molecule has 0 radical (unpaired) electrons. The first-order valence-corrected chi connectivity index (χ1v) is 11.3. The molecule has 1 aromatic heterocycles. The standard InChI is InChI=1S/C23H29NO5S/c1-2-3-4-5-20(25)16-6-8-17(9-7-16)24-18(10-13-22(24)26)14-29-15-19-11-12-21(30-19)23(27)28/h6-9,11-12,18,20,25H,2-5,10,13-15H2,1H3,(H,27,28)/t18-,20+/m1/s1. The van der Waals surface area contributed by atoms with Crippen LogP contribution in [0.2, 0.25) is 0 Å². The molecule has 0 bridgehead atoms. The van der Waals surface area contributed by atoms with Crippen molar-refractivity contribution in [3.63, 3.8) is 0 Å². The molecule has 3 rings (SSSR count). The van der Waals surface area contributed by atoms with Crippen LogP contribution in [0.1, 0.15) is 71.7 Å². The molecule has 7 heteroatoms. The number of aromatic carboxylic acids is 1. The number of carboxylic acid groups (broad SMARTS) is 1. The van der Waals surface area contributed by atoms with Gasteiger partial charge in [-0.2, -0.15) is 0 Å². The van der Waals surface area contributed by atoms with Crippen molar-refractivity contribution in [1.29, 1.82) is 0 Å². The predicted molar refractivity (Wildman–Crippen MR) is 117 cm³/mol. The number of amides is 1. The minimum absolute atomic E-state index is 0.0447. The molecule has 6 nitrogen and oxygen atoms in total. The summed E-state index contributed by atoms with van der Waals surface area (Å²) in [5.41, 5.74) is 1.70. The van der Waals surface area contributed by atoms with Crippen molar-refractivity contribution in [3.05, 3.63) is 51.7 Å². The molecule has 2 atom stereocenters. The Hall–Kier alpha value is -2.22. The number of benzene rings is 1. The number of nitrogens with zero attached hydrogens (tertiary/aromatic N) is 1. The maximum atomic E-state index is 12.4. The largest absolute Gasteiger partial charge is 0.477 e. The molecule has 2 N–H and O–H groups in total. The Labute approximate surface area is 181 Å². The molecule has 1 aromatic carbocycles. The molecule has 162 valence electrons. The van der Waals surface area contributed by atoms with Gasteiger partial charge in [0.15, 0.2) is 0 Å². The molecule has 2 heterocycles. The predicted octanol–water partition coefficient (Wildman–Crippen LogP) is 4.77. The first-order valence-electron chi connectivity index (χ1n) is 10.5. The first-order chi connectivity index (χ1) is 14.5. The fourth-order valence-corrected chi connectivity index (χ4v) is 4.52. The number of aliphatic hydroxyl groups excluding tert-OH is 1. The van der Waals surface area contributed by atoms with E-state index >= 15 is 0 Å². The van der Waals surface area contributed by atoms with Gasteiger partial charge >= 0.3 is 5.97 Å². The smallest absolute Gasteiger partial charge is 0.345 e. The number of ether oxygens (including phenoxy) is 1. The van der Waals surface area contributed by atoms with Crippen molar-refractivity contribution in [2.45, 2.75) is 64.2 Å². The molecule has 1 fully saturated rings. The van der Waals surface area contributed by atoms with Gasteiger partial charge < -0.3 is 19.8 Å². The lowest BCUT2D eigenvalue weighted by Gasteiger charge is -2.25. The van der Waals surface area contributed by atoms with Crippen LogP contribution in [0, 0.1) is 0 Å². The Balaban J connectivity index is 1.56. The summed E-state index contributed by atoms with van der Waals surface area (Å²) in [5.74, 6) is -0.859. The van der Waals surface area contributed by atoms with Crippen LogP contribution in [0.3, 0.4) is 0 Å². The third kappa shape index (κ3) is 5.68. The summed E-state index contributed by atoms with van der Waals surface area (Å²) >= 11 is 1.20. The molecule has 30 heavy (non-hydrogen) atoms. The highest BCUT2D eigenvalue weighted by Gasteiger charge is 2.32.